The topological polar surface area (TPSA) is 67.6 Å². The van der Waals surface area contributed by atoms with Crippen molar-refractivity contribution in [3.05, 3.63) is 53.1 Å². The molecule has 31 heavy (non-hydrogen) atoms. The molecular weight excluding hydrogens is 427 g/mol. The molecule has 1 saturated heterocycles. The monoisotopic (exact) mass is 447 g/mol. The molecule has 1 atom stereocenters. The zero-order valence-electron chi connectivity index (χ0n) is 16.6. The minimum Gasteiger partial charge on any atom is -0.508 e. The highest BCUT2D eigenvalue weighted by Gasteiger charge is 2.60. The minimum absolute atomic E-state index is 0.0413. The molecular formula is C22H20F3N3O2S. The van der Waals surface area contributed by atoms with Crippen molar-refractivity contribution in [2.75, 3.05) is 9.80 Å². The summed E-state index contributed by atoms with van der Waals surface area (Å²) >= 11 is 4.63. The van der Waals surface area contributed by atoms with Crippen LogP contribution in [0.2, 0.25) is 0 Å². The number of halogens is 3. The standard InChI is InChI=1S/C22H20F3N3O2S/c1-2-13-10-16(6-7-18(13)29)28-20(31)27(19(30)21(28)8-3-9-21)15-5-4-14(12-26)17(11-15)22(23,24)25/h4-7,10-11,20,29,31H,2-3,8-9H2,1H3. The summed E-state index contributed by atoms with van der Waals surface area (Å²) in [6, 6.07) is 9.85. The molecule has 1 aliphatic carbocycles. The first-order valence-corrected chi connectivity index (χ1v) is 10.4. The van der Waals surface area contributed by atoms with E-state index in [0.717, 1.165) is 18.6 Å². The second-order valence-corrected chi connectivity index (χ2v) is 8.24. The Morgan fingerprint density at radius 1 is 1.23 bits per heavy atom. The van der Waals surface area contributed by atoms with Crippen LogP contribution < -0.4 is 9.80 Å². The SMILES string of the molecule is CCc1cc(N2C(S)N(c3ccc(C#N)c(C(F)(F)F)c3)C(=O)C23CCC3)ccc1O. The van der Waals surface area contributed by atoms with Gasteiger partial charge in [0.15, 0.2) is 5.50 Å². The van der Waals surface area contributed by atoms with Crippen LogP contribution in [-0.2, 0) is 17.4 Å². The van der Waals surface area contributed by atoms with Gasteiger partial charge in [0.1, 0.15) is 11.3 Å². The molecule has 2 aromatic carbocycles. The van der Waals surface area contributed by atoms with E-state index in [1.807, 2.05) is 11.8 Å². The summed E-state index contributed by atoms with van der Waals surface area (Å²) in [5, 5.41) is 19.1. The number of anilines is 2. The van der Waals surface area contributed by atoms with Gasteiger partial charge in [-0.25, -0.2) is 0 Å². The Morgan fingerprint density at radius 3 is 2.45 bits per heavy atom. The van der Waals surface area contributed by atoms with Crippen molar-refractivity contribution < 1.29 is 23.1 Å². The van der Waals surface area contributed by atoms with Gasteiger partial charge in [-0.05, 0) is 67.6 Å². The maximum Gasteiger partial charge on any atom is 0.417 e. The van der Waals surface area contributed by atoms with Crippen molar-refractivity contribution in [2.24, 2.45) is 0 Å². The molecule has 1 unspecified atom stereocenters. The second-order valence-electron chi connectivity index (χ2n) is 7.78. The normalized spacial score (nSPS) is 20.1. The molecule has 1 saturated carbocycles. The van der Waals surface area contributed by atoms with Gasteiger partial charge in [0.2, 0.25) is 0 Å². The fourth-order valence-electron chi connectivity index (χ4n) is 4.39. The number of hydrogen-bond donors (Lipinski definition) is 2. The van der Waals surface area contributed by atoms with Crippen molar-refractivity contribution in [2.45, 2.75) is 49.8 Å². The number of rotatable bonds is 3. The van der Waals surface area contributed by atoms with Crippen molar-refractivity contribution in [3.8, 4) is 11.8 Å². The number of nitrogens with zero attached hydrogens (tertiary/aromatic N) is 3. The molecule has 2 aliphatic rings. The van der Waals surface area contributed by atoms with E-state index in [1.165, 1.54) is 11.0 Å². The summed E-state index contributed by atoms with van der Waals surface area (Å²) in [4.78, 5) is 16.6. The number of nitriles is 1. The van der Waals surface area contributed by atoms with Crippen LogP contribution in [0, 0.1) is 11.3 Å². The molecule has 1 heterocycles. The molecule has 0 radical (unpaired) electrons. The molecule has 4 rings (SSSR count). The van der Waals surface area contributed by atoms with Gasteiger partial charge in [-0.2, -0.15) is 18.4 Å². The zero-order chi connectivity index (χ0) is 22.6. The third-order valence-electron chi connectivity index (χ3n) is 6.15. The molecule has 0 bridgehead atoms. The van der Waals surface area contributed by atoms with E-state index in [4.69, 9.17) is 5.26 Å². The van der Waals surface area contributed by atoms with Crippen molar-refractivity contribution in [1.82, 2.24) is 0 Å². The van der Waals surface area contributed by atoms with Crippen LogP contribution in [0.1, 0.15) is 42.9 Å². The minimum atomic E-state index is -4.73. The Bertz CT molecular complexity index is 1090. The number of aryl methyl sites for hydroxylation is 1. The van der Waals surface area contributed by atoms with E-state index in [0.29, 0.717) is 30.5 Å². The number of aromatic hydroxyl groups is 1. The number of hydrogen-bond acceptors (Lipinski definition) is 5. The molecule has 9 heteroatoms. The summed E-state index contributed by atoms with van der Waals surface area (Å²) in [6.45, 7) is 1.90. The van der Waals surface area contributed by atoms with Crippen molar-refractivity contribution >= 4 is 29.9 Å². The quantitative estimate of drug-likeness (QED) is 0.661. The fourth-order valence-corrected chi connectivity index (χ4v) is 4.98. The highest BCUT2D eigenvalue weighted by atomic mass is 32.1. The molecule has 5 nitrogen and oxygen atoms in total. The van der Waals surface area contributed by atoms with Crippen LogP contribution in [0.15, 0.2) is 36.4 Å². The van der Waals surface area contributed by atoms with Crippen molar-refractivity contribution in [1.29, 1.82) is 5.26 Å². The fraction of sp³-hybridized carbons (Fsp3) is 0.364. The largest absolute Gasteiger partial charge is 0.508 e. The van der Waals surface area contributed by atoms with Crippen LogP contribution in [-0.4, -0.2) is 22.1 Å². The van der Waals surface area contributed by atoms with Gasteiger partial charge in [-0.1, -0.05) is 6.92 Å². The lowest BCUT2D eigenvalue weighted by Crippen LogP contribution is -2.55. The molecule has 2 fully saturated rings. The van der Waals surface area contributed by atoms with E-state index in [2.05, 4.69) is 12.6 Å². The molecule has 2 aromatic rings. The first-order chi connectivity index (χ1) is 14.6. The molecule has 0 aromatic heterocycles. The van der Waals surface area contributed by atoms with Gasteiger partial charge in [0.25, 0.3) is 5.91 Å². The maximum absolute atomic E-state index is 13.5. The van der Waals surface area contributed by atoms with Crippen LogP contribution in [0.5, 0.6) is 5.75 Å². The summed E-state index contributed by atoms with van der Waals surface area (Å²) in [7, 11) is 0. The Kier molecular flexibility index (Phi) is 5.09. The second kappa shape index (κ2) is 7.38. The lowest BCUT2D eigenvalue weighted by Gasteiger charge is -2.44. The third-order valence-corrected chi connectivity index (χ3v) is 6.61. The van der Waals surface area contributed by atoms with Gasteiger partial charge in [0, 0.05) is 11.4 Å². The maximum atomic E-state index is 13.5. The average Bonchev–Trinajstić information content (AvgIpc) is 2.94. The van der Waals surface area contributed by atoms with Gasteiger partial charge >= 0.3 is 6.18 Å². The van der Waals surface area contributed by atoms with E-state index in [1.54, 1.807) is 24.3 Å². The van der Waals surface area contributed by atoms with Gasteiger partial charge in [-0.15, -0.1) is 12.6 Å². The summed E-state index contributed by atoms with van der Waals surface area (Å²) in [5.74, 6) is -0.170. The first kappa shape index (κ1) is 21.4. The average molecular weight is 447 g/mol. The predicted octanol–water partition coefficient (Wildman–Crippen LogP) is 4.83. The first-order valence-electron chi connectivity index (χ1n) is 9.88. The molecule has 1 spiro atoms. The third kappa shape index (κ3) is 3.21. The van der Waals surface area contributed by atoms with Gasteiger partial charge in [0.05, 0.1) is 17.2 Å². The molecule has 1 aliphatic heterocycles. The zero-order valence-corrected chi connectivity index (χ0v) is 17.5. The van der Waals surface area contributed by atoms with Crippen molar-refractivity contribution in [3.63, 3.8) is 0 Å². The van der Waals surface area contributed by atoms with Crippen LogP contribution >= 0.6 is 12.6 Å². The smallest absolute Gasteiger partial charge is 0.417 e. The van der Waals surface area contributed by atoms with E-state index in [9.17, 15) is 23.1 Å². The molecule has 162 valence electrons. The van der Waals surface area contributed by atoms with E-state index >= 15 is 0 Å². The highest BCUT2D eigenvalue weighted by molar-refractivity contribution is 7.81. The predicted molar refractivity (Wildman–Crippen MR) is 113 cm³/mol. The Labute approximate surface area is 183 Å². The van der Waals surface area contributed by atoms with Gasteiger partial charge in [-0.3, -0.25) is 9.69 Å². The van der Waals surface area contributed by atoms with Crippen LogP contribution in [0.4, 0.5) is 24.5 Å². The number of thiol groups is 1. The lowest BCUT2D eigenvalue weighted by molar-refractivity contribution is -0.137. The number of benzene rings is 2. The highest BCUT2D eigenvalue weighted by Crippen LogP contribution is 2.51. The number of phenolic OH excluding ortho intramolecular Hbond substituents is 1. The molecule has 1 N–H and O–H groups in total. The number of carbonyl (C=O) groups excluding carboxylic acids is 1. The number of alkyl halides is 3. The number of phenols is 1. The number of amides is 1. The summed E-state index contributed by atoms with van der Waals surface area (Å²) in [5.41, 5.74) is -1.89. The number of carbonyl (C=O) groups is 1. The summed E-state index contributed by atoms with van der Waals surface area (Å²) < 4.78 is 40.4. The Hall–Kier alpha value is -2.86. The molecule has 1 amide bonds. The van der Waals surface area contributed by atoms with E-state index < -0.39 is 28.3 Å². The Balaban J connectivity index is 1.82. The Morgan fingerprint density at radius 2 is 1.90 bits per heavy atom. The van der Waals surface area contributed by atoms with Gasteiger partial charge < -0.3 is 10.0 Å². The van der Waals surface area contributed by atoms with Crippen LogP contribution in [0.3, 0.4) is 0 Å². The van der Waals surface area contributed by atoms with E-state index in [-0.39, 0.29) is 17.3 Å². The van der Waals surface area contributed by atoms with Crippen LogP contribution in [0.25, 0.3) is 0 Å². The summed E-state index contributed by atoms with van der Waals surface area (Å²) in [6.07, 6.45) is -2.21. The lowest BCUT2D eigenvalue weighted by atomic mass is 9.75.